The van der Waals surface area contributed by atoms with Gasteiger partial charge in [0.2, 0.25) is 5.95 Å². The number of rotatable bonds is 3. The van der Waals surface area contributed by atoms with E-state index >= 15 is 0 Å². The molecule has 1 unspecified atom stereocenters. The van der Waals surface area contributed by atoms with Crippen molar-refractivity contribution in [2.24, 2.45) is 0 Å². The van der Waals surface area contributed by atoms with Gasteiger partial charge in [0, 0.05) is 42.3 Å². The number of carbonyl (C=O) groups is 1. The van der Waals surface area contributed by atoms with Gasteiger partial charge in [-0.25, -0.2) is 9.97 Å². The molecule has 2 aliphatic heterocycles. The van der Waals surface area contributed by atoms with Gasteiger partial charge in [-0.1, -0.05) is 12.2 Å². The van der Waals surface area contributed by atoms with Crippen LogP contribution in [0.5, 0.6) is 0 Å². The topological polar surface area (TPSA) is 94.7 Å². The van der Waals surface area contributed by atoms with E-state index in [4.69, 9.17) is 0 Å². The van der Waals surface area contributed by atoms with Crippen molar-refractivity contribution >= 4 is 17.9 Å². The van der Waals surface area contributed by atoms with E-state index in [-0.39, 0.29) is 28.9 Å². The summed E-state index contributed by atoms with van der Waals surface area (Å²) in [6, 6.07) is 0.0380. The zero-order valence-electron chi connectivity index (χ0n) is 15.3. The molecule has 2 aliphatic rings. The van der Waals surface area contributed by atoms with E-state index in [1.165, 1.54) is 12.4 Å². The predicted molar refractivity (Wildman–Crippen MR) is 102 cm³/mol. The van der Waals surface area contributed by atoms with Crippen LogP contribution in [0.15, 0.2) is 30.7 Å². The Hall–Kier alpha value is -3.14. The molecule has 4 N–H and O–H groups in total. The number of halogens is 3. The quantitative estimate of drug-likeness (QED) is 0.631. The SMILES string of the molecule is O=C1NC=CC=Cc2c(-c3nc(NC4CCCNC4)ncc3C(F)(F)F)c[nH]c21. The maximum absolute atomic E-state index is 13.7. The van der Waals surface area contributed by atoms with Gasteiger partial charge in [-0.15, -0.1) is 0 Å². The zero-order valence-corrected chi connectivity index (χ0v) is 15.3. The van der Waals surface area contributed by atoms with Crippen molar-refractivity contribution < 1.29 is 18.0 Å². The molecule has 2 aromatic rings. The number of hydrogen-bond donors (Lipinski definition) is 4. The molecule has 0 bridgehead atoms. The van der Waals surface area contributed by atoms with Crippen LogP contribution in [0, 0.1) is 0 Å². The minimum absolute atomic E-state index is 0.0380. The first-order valence-electron chi connectivity index (χ1n) is 9.21. The monoisotopic (exact) mass is 404 g/mol. The number of fused-ring (bicyclic) bond motifs is 1. The summed E-state index contributed by atoms with van der Waals surface area (Å²) in [6.45, 7) is 1.60. The molecule has 10 heteroatoms. The van der Waals surface area contributed by atoms with Gasteiger partial charge in [-0.05, 0) is 25.5 Å². The van der Waals surface area contributed by atoms with Gasteiger partial charge in [-0.2, -0.15) is 13.2 Å². The summed E-state index contributed by atoms with van der Waals surface area (Å²) in [4.78, 5) is 23.1. The molecule has 1 atom stereocenters. The molecule has 2 aromatic heterocycles. The molecule has 4 rings (SSSR count). The highest BCUT2D eigenvalue weighted by Gasteiger charge is 2.36. The minimum atomic E-state index is -4.64. The van der Waals surface area contributed by atoms with Crippen molar-refractivity contribution in [3.05, 3.63) is 47.6 Å². The van der Waals surface area contributed by atoms with E-state index in [9.17, 15) is 18.0 Å². The van der Waals surface area contributed by atoms with Gasteiger partial charge >= 0.3 is 6.18 Å². The highest BCUT2D eigenvalue weighted by Crippen LogP contribution is 2.38. The van der Waals surface area contributed by atoms with Crippen LogP contribution in [0.1, 0.15) is 34.5 Å². The number of aromatic nitrogens is 3. The van der Waals surface area contributed by atoms with Gasteiger partial charge in [0.15, 0.2) is 0 Å². The smallest absolute Gasteiger partial charge is 0.356 e. The molecule has 1 saturated heterocycles. The normalized spacial score (nSPS) is 19.3. The van der Waals surface area contributed by atoms with Crippen molar-refractivity contribution in [1.82, 2.24) is 25.6 Å². The molecule has 1 amide bonds. The van der Waals surface area contributed by atoms with Crippen LogP contribution in [-0.2, 0) is 6.18 Å². The Bertz CT molecular complexity index is 973. The summed E-state index contributed by atoms with van der Waals surface area (Å²) >= 11 is 0. The highest BCUT2D eigenvalue weighted by atomic mass is 19.4. The number of anilines is 1. The fourth-order valence-electron chi connectivity index (χ4n) is 3.42. The third-order valence-corrected chi connectivity index (χ3v) is 4.81. The molecular weight excluding hydrogens is 385 g/mol. The first-order valence-corrected chi connectivity index (χ1v) is 9.21. The summed E-state index contributed by atoms with van der Waals surface area (Å²) < 4.78 is 41.0. The summed E-state index contributed by atoms with van der Waals surface area (Å²) in [5.74, 6) is -0.322. The fourth-order valence-corrected chi connectivity index (χ4v) is 3.42. The first-order chi connectivity index (χ1) is 13.9. The zero-order chi connectivity index (χ0) is 20.4. The van der Waals surface area contributed by atoms with Crippen LogP contribution < -0.4 is 16.0 Å². The molecule has 0 saturated carbocycles. The summed E-state index contributed by atoms with van der Waals surface area (Å²) in [5, 5.41) is 8.87. The summed E-state index contributed by atoms with van der Waals surface area (Å²) in [6.07, 6.45) is 5.60. The maximum Gasteiger partial charge on any atom is 0.419 e. The standard InChI is InChI=1S/C19H19F3N6O/c20-19(21,22)14-10-26-18(27-11-4-3-6-23-8-11)28-15(14)13-9-25-16-12(13)5-1-2-7-24-17(16)29/h1-2,5,7,9-11,23,25H,3-4,6,8H2,(H,24,29)(H,26,27,28). The predicted octanol–water partition coefficient (Wildman–Crippen LogP) is 2.92. The van der Waals surface area contributed by atoms with Crippen LogP contribution in [0.25, 0.3) is 17.3 Å². The number of carbonyl (C=O) groups excluding carboxylic acids is 1. The van der Waals surface area contributed by atoms with Crippen LogP contribution in [-0.4, -0.2) is 40.0 Å². The molecule has 29 heavy (non-hydrogen) atoms. The molecule has 0 aromatic carbocycles. The number of allylic oxidation sites excluding steroid dienone is 2. The van der Waals surface area contributed by atoms with Crippen molar-refractivity contribution in [2.45, 2.75) is 25.1 Å². The van der Waals surface area contributed by atoms with Gasteiger partial charge < -0.3 is 20.9 Å². The van der Waals surface area contributed by atoms with E-state index in [0.717, 1.165) is 25.6 Å². The number of piperidine rings is 1. The molecule has 4 heterocycles. The number of amides is 1. The van der Waals surface area contributed by atoms with E-state index in [0.29, 0.717) is 12.1 Å². The first kappa shape index (κ1) is 19.2. The molecule has 0 spiro atoms. The molecule has 152 valence electrons. The van der Waals surface area contributed by atoms with Crippen molar-refractivity contribution in [2.75, 3.05) is 18.4 Å². The van der Waals surface area contributed by atoms with Crippen LogP contribution >= 0.6 is 0 Å². The number of hydrogen-bond acceptors (Lipinski definition) is 5. The summed E-state index contributed by atoms with van der Waals surface area (Å²) in [5.41, 5.74) is -0.558. The lowest BCUT2D eigenvalue weighted by Gasteiger charge is -2.24. The van der Waals surface area contributed by atoms with E-state index in [1.807, 2.05) is 0 Å². The van der Waals surface area contributed by atoms with Crippen molar-refractivity contribution in [3.63, 3.8) is 0 Å². The Balaban J connectivity index is 1.79. The average Bonchev–Trinajstić information content (AvgIpc) is 3.09. The van der Waals surface area contributed by atoms with E-state index < -0.39 is 17.6 Å². The van der Waals surface area contributed by atoms with E-state index in [2.05, 4.69) is 30.9 Å². The number of aromatic amines is 1. The van der Waals surface area contributed by atoms with Crippen molar-refractivity contribution in [3.8, 4) is 11.3 Å². The molecule has 7 nitrogen and oxygen atoms in total. The van der Waals surface area contributed by atoms with Gasteiger partial charge in [0.25, 0.3) is 5.91 Å². The second kappa shape index (κ2) is 7.70. The Morgan fingerprint density at radius 3 is 2.86 bits per heavy atom. The Morgan fingerprint density at radius 1 is 1.24 bits per heavy atom. The number of nitrogens with one attached hydrogen (secondary N) is 4. The van der Waals surface area contributed by atoms with E-state index in [1.54, 1.807) is 18.2 Å². The van der Waals surface area contributed by atoms with Crippen LogP contribution in [0.2, 0.25) is 0 Å². The third-order valence-electron chi connectivity index (χ3n) is 4.81. The van der Waals surface area contributed by atoms with Gasteiger partial charge in [0.05, 0.1) is 5.69 Å². The minimum Gasteiger partial charge on any atom is -0.356 e. The second-order valence-electron chi connectivity index (χ2n) is 6.82. The Morgan fingerprint density at radius 2 is 2.10 bits per heavy atom. The van der Waals surface area contributed by atoms with Crippen molar-refractivity contribution in [1.29, 1.82) is 0 Å². The van der Waals surface area contributed by atoms with Gasteiger partial charge in [-0.3, -0.25) is 4.79 Å². The third kappa shape index (κ3) is 4.02. The van der Waals surface area contributed by atoms with Gasteiger partial charge in [0.1, 0.15) is 11.3 Å². The number of nitrogens with zero attached hydrogens (tertiary/aromatic N) is 2. The maximum atomic E-state index is 13.7. The highest BCUT2D eigenvalue weighted by molar-refractivity contribution is 6.00. The Kier molecular flexibility index (Phi) is 5.10. The lowest BCUT2D eigenvalue weighted by Crippen LogP contribution is -2.38. The molecular formula is C19H19F3N6O. The number of H-pyrrole nitrogens is 1. The Labute approximate surface area is 164 Å². The molecule has 0 radical (unpaired) electrons. The van der Waals surface area contributed by atoms with Crippen LogP contribution in [0.3, 0.4) is 0 Å². The fraction of sp³-hybridized carbons (Fsp3) is 0.316. The largest absolute Gasteiger partial charge is 0.419 e. The average molecular weight is 404 g/mol. The molecule has 0 aliphatic carbocycles. The number of alkyl halides is 3. The summed E-state index contributed by atoms with van der Waals surface area (Å²) in [7, 11) is 0. The lowest BCUT2D eigenvalue weighted by molar-refractivity contribution is -0.137. The molecule has 1 fully saturated rings. The second-order valence-corrected chi connectivity index (χ2v) is 6.82. The van der Waals surface area contributed by atoms with Crippen LogP contribution in [0.4, 0.5) is 19.1 Å². The lowest BCUT2D eigenvalue weighted by atomic mass is 10.0.